The van der Waals surface area contributed by atoms with E-state index in [9.17, 15) is 4.79 Å². The molecule has 1 aliphatic rings. The fourth-order valence-corrected chi connectivity index (χ4v) is 4.37. The Morgan fingerprint density at radius 3 is 2.33 bits per heavy atom. The molecule has 0 aromatic heterocycles. The van der Waals surface area contributed by atoms with Crippen LogP contribution in [0.4, 0.5) is 0 Å². The number of hydrogen-bond donors (Lipinski definition) is 1. The molecule has 1 heterocycles. The number of carbonyl (C=O) groups excluding carboxylic acids is 1. The van der Waals surface area contributed by atoms with Crippen molar-refractivity contribution in [2.45, 2.75) is 20.1 Å². The number of methoxy groups -OCH3 is 2. The average molecular weight is 491 g/mol. The largest absolute Gasteiger partial charge is 0.496 e. The third-order valence-electron chi connectivity index (χ3n) is 6.45. The maximum absolute atomic E-state index is 12.4. The van der Waals surface area contributed by atoms with Crippen LogP contribution in [0.1, 0.15) is 16.7 Å². The summed E-state index contributed by atoms with van der Waals surface area (Å²) in [6, 6.07) is 20.3. The summed E-state index contributed by atoms with van der Waals surface area (Å²) in [6.45, 7) is 5.65. The van der Waals surface area contributed by atoms with Gasteiger partial charge in [0.05, 0.1) is 39.5 Å². The minimum Gasteiger partial charge on any atom is -0.496 e. The third kappa shape index (κ3) is 6.17. The highest BCUT2D eigenvalue weighted by atomic mass is 16.5. The maximum Gasteiger partial charge on any atom is 0.236 e. The van der Waals surface area contributed by atoms with Crippen LogP contribution in [0.2, 0.25) is 0 Å². The third-order valence-corrected chi connectivity index (χ3v) is 6.45. The molecule has 0 radical (unpaired) electrons. The monoisotopic (exact) mass is 490 g/mol. The zero-order valence-electron chi connectivity index (χ0n) is 21.2. The second-order valence-corrected chi connectivity index (χ2v) is 8.65. The molecule has 0 bridgehead atoms. The highest BCUT2D eigenvalue weighted by Gasteiger charge is 2.18. The quantitative estimate of drug-likeness (QED) is 0.459. The summed E-state index contributed by atoms with van der Waals surface area (Å²) in [7, 11) is 3.24. The van der Waals surface area contributed by atoms with Crippen LogP contribution in [-0.2, 0) is 22.7 Å². The lowest BCUT2D eigenvalue weighted by Gasteiger charge is -2.27. The first-order valence-electron chi connectivity index (χ1n) is 12.2. The van der Waals surface area contributed by atoms with Gasteiger partial charge in [-0.05, 0) is 29.2 Å². The Balaban J connectivity index is 1.43. The summed E-state index contributed by atoms with van der Waals surface area (Å²) in [5.41, 5.74) is 5.52. The minimum absolute atomic E-state index is 0.0595. The van der Waals surface area contributed by atoms with Crippen LogP contribution in [0.3, 0.4) is 0 Å². The van der Waals surface area contributed by atoms with E-state index in [1.54, 1.807) is 14.2 Å². The van der Waals surface area contributed by atoms with E-state index in [1.807, 2.05) is 35.2 Å². The highest BCUT2D eigenvalue weighted by Crippen LogP contribution is 2.35. The van der Waals surface area contributed by atoms with Crippen LogP contribution in [0.25, 0.3) is 11.1 Å². The normalized spacial score (nSPS) is 13.4. The summed E-state index contributed by atoms with van der Waals surface area (Å²) >= 11 is 0. The highest BCUT2D eigenvalue weighted by molar-refractivity contribution is 5.78. The molecule has 7 nitrogen and oxygen atoms in total. The number of ether oxygens (including phenoxy) is 4. The lowest BCUT2D eigenvalue weighted by Crippen LogP contribution is -2.44. The van der Waals surface area contributed by atoms with Gasteiger partial charge in [-0.3, -0.25) is 4.79 Å². The Hall–Kier alpha value is -3.55. The van der Waals surface area contributed by atoms with Crippen molar-refractivity contribution >= 4 is 5.91 Å². The molecule has 1 N–H and O–H groups in total. The molecule has 3 aromatic carbocycles. The second kappa shape index (κ2) is 12.4. The van der Waals surface area contributed by atoms with Gasteiger partial charge in [0.25, 0.3) is 0 Å². The van der Waals surface area contributed by atoms with E-state index in [4.69, 9.17) is 18.9 Å². The van der Waals surface area contributed by atoms with Gasteiger partial charge in [-0.15, -0.1) is 0 Å². The molecule has 0 saturated carbocycles. The molecular weight excluding hydrogens is 456 g/mol. The molecule has 1 saturated heterocycles. The summed E-state index contributed by atoms with van der Waals surface area (Å²) in [5, 5.41) is 3.22. The summed E-state index contributed by atoms with van der Waals surface area (Å²) in [4.78, 5) is 14.3. The molecule has 7 heteroatoms. The van der Waals surface area contributed by atoms with E-state index >= 15 is 0 Å². The number of benzene rings is 3. The maximum atomic E-state index is 12.4. The Morgan fingerprint density at radius 2 is 1.67 bits per heavy atom. The Bertz CT molecular complexity index is 1130. The molecule has 0 spiro atoms. The van der Waals surface area contributed by atoms with Crippen molar-refractivity contribution in [1.82, 2.24) is 10.2 Å². The van der Waals surface area contributed by atoms with E-state index in [0.29, 0.717) is 56.7 Å². The Kier molecular flexibility index (Phi) is 8.81. The zero-order chi connectivity index (χ0) is 25.3. The van der Waals surface area contributed by atoms with Crippen LogP contribution in [0.15, 0.2) is 60.7 Å². The van der Waals surface area contributed by atoms with Gasteiger partial charge in [-0.1, -0.05) is 48.5 Å². The number of nitrogens with zero attached hydrogens (tertiary/aromatic N) is 1. The zero-order valence-corrected chi connectivity index (χ0v) is 21.2. The Labute approximate surface area is 212 Å². The van der Waals surface area contributed by atoms with Gasteiger partial charge in [0.2, 0.25) is 5.91 Å². The molecule has 4 rings (SSSR count). The van der Waals surface area contributed by atoms with Crippen LogP contribution in [-0.4, -0.2) is 57.9 Å². The van der Waals surface area contributed by atoms with Gasteiger partial charge >= 0.3 is 0 Å². The minimum atomic E-state index is 0.0595. The fraction of sp³-hybridized carbons (Fsp3) is 0.345. The number of amides is 1. The number of carbonyl (C=O) groups is 1. The van der Waals surface area contributed by atoms with Crippen molar-refractivity contribution in [3.8, 4) is 28.4 Å². The molecule has 1 amide bonds. The van der Waals surface area contributed by atoms with Gasteiger partial charge in [-0.2, -0.15) is 0 Å². The van der Waals surface area contributed by atoms with E-state index in [1.165, 1.54) is 16.7 Å². The van der Waals surface area contributed by atoms with Crippen molar-refractivity contribution in [2.24, 2.45) is 0 Å². The topological polar surface area (TPSA) is 69.3 Å². The lowest BCUT2D eigenvalue weighted by molar-refractivity contribution is -0.134. The van der Waals surface area contributed by atoms with Crippen molar-refractivity contribution in [2.75, 3.05) is 47.1 Å². The van der Waals surface area contributed by atoms with E-state index in [0.717, 1.165) is 11.1 Å². The first-order valence-corrected chi connectivity index (χ1v) is 12.2. The standard InChI is InChI=1S/C29H34N2O5/c1-21-23(10-7-11-25(21)22-8-5-4-6-9-22)20-36-24-16-27(33-2)26(28(17-24)34-3)18-30-19-29(32)31-12-14-35-15-13-31/h4-11,16-17,30H,12-15,18-20H2,1-3H3. The van der Waals surface area contributed by atoms with Gasteiger partial charge < -0.3 is 29.2 Å². The van der Waals surface area contributed by atoms with Gasteiger partial charge in [0.1, 0.15) is 23.9 Å². The number of hydrogen-bond acceptors (Lipinski definition) is 6. The fourth-order valence-electron chi connectivity index (χ4n) is 4.37. The first kappa shape index (κ1) is 25.5. The predicted octanol–water partition coefficient (Wildman–Crippen LogP) is 4.21. The SMILES string of the molecule is COc1cc(OCc2cccc(-c3ccccc3)c2C)cc(OC)c1CNCC(=O)N1CCOCC1. The Morgan fingerprint density at radius 1 is 0.972 bits per heavy atom. The van der Waals surface area contributed by atoms with Gasteiger partial charge in [-0.25, -0.2) is 0 Å². The molecular formula is C29H34N2O5. The summed E-state index contributed by atoms with van der Waals surface area (Å²) in [6.07, 6.45) is 0. The van der Waals surface area contributed by atoms with Crippen molar-refractivity contribution in [3.05, 3.63) is 77.4 Å². The van der Waals surface area contributed by atoms with Crippen molar-refractivity contribution in [3.63, 3.8) is 0 Å². The summed E-state index contributed by atoms with van der Waals surface area (Å²) in [5.74, 6) is 2.00. The molecule has 1 fully saturated rings. The van der Waals surface area contributed by atoms with Crippen LogP contribution in [0, 0.1) is 6.92 Å². The van der Waals surface area contributed by atoms with Crippen LogP contribution >= 0.6 is 0 Å². The number of morpholine rings is 1. The van der Waals surface area contributed by atoms with E-state index < -0.39 is 0 Å². The smallest absolute Gasteiger partial charge is 0.236 e. The molecule has 36 heavy (non-hydrogen) atoms. The van der Waals surface area contributed by atoms with Gasteiger partial charge in [0, 0.05) is 31.8 Å². The molecule has 190 valence electrons. The second-order valence-electron chi connectivity index (χ2n) is 8.65. The lowest BCUT2D eigenvalue weighted by atomic mass is 9.97. The van der Waals surface area contributed by atoms with Crippen molar-refractivity contribution < 1.29 is 23.7 Å². The van der Waals surface area contributed by atoms with Crippen molar-refractivity contribution in [1.29, 1.82) is 0 Å². The number of rotatable bonds is 10. The molecule has 3 aromatic rings. The average Bonchev–Trinajstić information content (AvgIpc) is 2.93. The van der Waals surface area contributed by atoms with Gasteiger partial charge in [0.15, 0.2) is 0 Å². The van der Waals surface area contributed by atoms with Crippen LogP contribution < -0.4 is 19.5 Å². The molecule has 1 aliphatic heterocycles. The first-order chi connectivity index (χ1) is 17.6. The van der Waals surface area contributed by atoms with E-state index in [2.05, 4.69) is 42.6 Å². The number of nitrogens with one attached hydrogen (secondary N) is 1. The van der Waals surface area contributed by atoms with E-state index in [-0.39, 0.29) is 12.5 Å². The van der Waals surface area contributed by atoms with Crippen LogP contribution in [0.5, 0.6) is 17.2 Å². The summed E-state index contributed by atoms with van der Waals surface area (Å²) < 4.78 is 22.8. The predicted molar refractivity (Wildman–Crippen MR) is 140 cm³/mol. The molecule has 0 atom stereocenters. The molecule has 0 unspecified atom stereocenters. The molecule has 0 aliphatic carbocycles.